The standard InChI is InChI=1S/C24H40Cl2N7/c1-3-31-11-7-10-18(31)14-32-22(27)30-23(28)33(24(32)29,15-17-8-5-4-6-9-17)19-12-20(25)16(2)21(26)13-19/h12-13,17-18,23-24H,3-11,14-15,28-29H2,1-2H3,(H2,27,30)/q+1. The number of nitrogens with two attached hydrogens (primary N) is 3. The minimum Gasteiger partial charge on any atom is -0.369 e. The molecule has 9 heteroatoms. The molecule has 2 fully saturated rings. The highest BCUT2D eigenvalue weighted by molar-refractivity contribution is 6.36. The van der Waals surface area contributed by atoms with E-state index in [2.05, 4.69) is 16.7 Å². The molecule has 4 rings (SSSR count). The van der Waals surface area contributed by atoms with Crippen LogP contribution in [0.1, 0.15) is 57.4 Å². The van der Waals surface area contributed by atoms with Gasteiger partial charge in [0.05, 0.1) is 16.6 Å². The van der Waals surface area contributed by atoms with Gasteiger partial charge in [0, 0.05) is 30.6 Å². The predicted octanol–water partition coefficient (Wildman–Crippen LogP) is 3.79. The molecule has 2 aliphatic heterocycles. The summed E-state index contributed by atoms with van der Waals surface area (Å²) in [5, 5.41) is 1.25. The first kappa shape index (κ1) is 25.0. The van der Waals surface area contributed by atoms with Gasteiger partial charge in [0.25, 0.3) is 0 Å². The number of halogens is 2. The van der Waals surface area contributed by atoms with Gasteiger partial charge in [-0.3, -0.25) is 21.3 Å². The van der Waals surface area contributed by atoms with Crippen molar-refractivity contribution in [2.45, 2.75) is 77.4 Å². The molecule has 7 nitrogen and oxygen atoms in total. The number of hydrogen-bond donors (Lipinski definition) is 3. The molecule has 6 N–H and O–H groups in total. The molecule has 2 heterocycles. The van der Waals surface area contributed by atoms with Crippen molar-refractivity contribution >= 4 is 34.8 Å². The van der Waals surface area contributed by atoms with Crippen molar-refractivity contribution in [3.05, 3.63) is 27.7 Å². The Morgan fingerprint density at radius 2 is 1.73 bits per heavy atom. The molecule has 0 radical (unpaired) electrons. The van der Waals surface area contributed by atoms with Crippen LogP contribution in [0.25, 0.3) is 0 Å². The van der Waals surface area contributed by atoms with E-state index in [4.69, 9.17) is 45.4 Å². The van der Waals surface area contributed by atoms with E-state index in [0.29, 0.717) is 32.4 Å². The molecular weight excluding hydrogens is 457 g/mol. The number of quaternary nitrogens is 1. The number of likely N-dealkylation sites (N-methyl/N-ethyl adjacent to an activating group) is 1. The number of likely N-dealkylation sites (tertiary alicyclic amines) is 1. The lowest BCUT2D eigenvalue weighted by atomic mass is 9.88. The lowest BCUT2D eigenvalue weighted by Crippen LogP contribution is -2.79. The van der Waals surface area contributed by atoms with Crippen molar-refractivity contribution in [1.82, 2.24) is 14.3 Å². The third-order valence-electron chi connectivity index (χ3n) is 8.17. The van der Waals surface area contributed by atoms with Crippen molar-refractivity contribution in [1.29, 1.82) is 0 Å². The Kier molecular flexibility index (Phi) is 7.78. The Bertz CT molecular complexity index is 849. The van der Waals surface area contributed by atoms with Crippen molar-refractivity contribution in [2.24, 2.45) is 28.1 Å². The highest BCUT2D eigenvalue weighted by Crippen LogP contribution is 2.40. The lowest BCUT2D eigenvalue weighted by Gasteiger charge is -2.53. The summed E-state index contributed by atoms with van der Waals surface area (Å²) in [5.41, 5.74) is 22.2. The van der Waals surface area contributed by atoms with Gasteiger partial charge in [-0.05, 0) is 51.3 Å². The molecule has 0 aromatic heterocycles. The zero-order valence-corrected chi connectivity index (χ0v) is 21.5. The molecule has 33 heavy (non-hydrogen) atoms. The zero-order chi connectivity index (χ0) is 23.8. The largest absolute Gasteiger partial charge is 0.369 e. The number of rotatable bonds is 6. The number of hydrogen-bond acceptors (Lipinski definition) is 6. The van der Waals surface area contributed by atoms with Crippen LogP contribution in [0.2, 0.25) is 10.0 Å². The van der Waals surface area contributed by atoms with Gasteiger partial charge in [-0.2, -0.15) is 4.99 Å². The Balaban J connectivity index is 1.76. The van der Waals surface area contributed by atoms with Crippen LogP contribution in [0.3, 0.4) is 0 Å². The highest BCUT2D eigenvalue weighted by Gasteiger charge is 2.52. The van der Waals surface area contributed by atoms with Gasteiger partial charge in [-0.25, -0.2) is 4.48 Å². The van der Waals surface area contributed by atoms with E-state index in [1.54, 1.807) is 0 Å². The van der Waals surface area contributed by atoms with E-state index >= 15 is 0 Å². The summed E-state index contributed by atoms with van der Waals surface area (Å²) in [7, 11) is 0. The third kappa shape index (κ3) is 4.73. The van der Waals surface area contributed by atoms with Gasteiger partial charge in [0.2, 0.25) is 18.5 Å². The van der Waals surface area contributed by atoms with Crippen molar-refractivity contribution in [2.75, 3.05) is 26.2 Å². The van der Waals surface area contributed by atoms with Crippen LogP contribution in [-0.4, -0.2) is 60.6 Å². The first-order valence-corrected chi connectivity index (χ1v) is 13.2. The van der Waals surface area contributed by atoms with E-state index in [1.807, 2.05) is 19.1 Å². The second-order valence-corrected chi connectivity index (χ2v) is 10.9. The smallest absolute Gasteiger partial charge is 0.248 e. The molecule has 0 bridgehead atoms. The molecule has 1 aromatic carbocycles. The summed E-state index contributed by atoms with van der Waals surface area (Å²) >= 11 is 13.2. The summed E-state index contributed by atoms with van der Waals surface area (Å²) in [5.74, 6) is 0.948. The van der Waals surface area contributed by atoms with E-state index in [0.717, 1.165) is 43.9 Å². The second-order valence-electron chi connectivity index (χ2n) is 10.0. The SMILES string of the molecule is CCN1CCCC1CN1C(N)=NC(N)[N+](CC2CCCCC2)(c2cc(Cl)c(C)c(Cl)c2)C1N. The zero-order valence-electron chi connectivity index (χ0n) is 20.0. The summed E-state index contributed by atoms with van der Waals surface area (Å²) in [6.45, 7) is 7.82. The van der Waals surface area contributed by atoms with E-state index in [9.17, 15) is 0 Å². The maximum Gasteiger partial charge on any atom is 0.248 e. The van der Waals surface area contributed by atoms with Gasteiger partial charge >= 0.3 is 0 Å². The van der Waals surface area contributed by atoms with Gasteiger partial charge in [0.15, 0.2) is 0 Å². The average Bonchev–Trinajstić information content (AvgIpc) is 3.25. The average molecular weight is 498 g/mol. The normalized spacial score (nSPS) is 31.8. The molecule has 184 valence electrons. The molecule has 1 saturated carbocycles. The third-order valence-corrected chi connectivity index (χ3v) is 8.95. The summed E-state index contributed by atoms with van der Waals surface area (Å²) in [6, 6.07) is 4.37. The topological polar surface area (TPSA) is 96.9 Å². The summed E-state index contributed by atoms with van der Waals surface area (Å²) in [6.07, 6.45) is 7.40. The van der Waals surface area contributed by atoms with Gasteiger partial charge < -0.3 is 5.73 Å². The fourth-order valence-electron chi connectivity index (χ4n) is 6.10. The minimum atomic E-state index is -0.612. The Hall–Kier alpha value is -1.09. The van der Waals surface area contributed by atoms with E-state index in [1.165, 1.54) is 38.5 Å². The molecule has 3 aliphatic rings. The molecule has 1 aliphatic carbocycles. The van der Waals surface area contributed by atoms with Crippen LogP contribution in [0.5, 0.6) is 0 Å². The Labute approximate surface area is 208 Å². The molecule has 4 unspecified atom stereocenters. The van der Waals surface area contributed by atoms with Crippen LogP contribution in [0.15, 0.2) is 17.1 Å². The number of nitrogens with zero attached hydrogens (tertiary/aromatic N) is 4. The number of aliphatic imine (C=N–C) groups is 1. The van der Waals surface area contributed by atoms with Crippen LogP contribution >= 0.6 is 23.2 Å². The predicted molar refractivity (Wildman–Crippen MR) is 139 cm³/mol. The maximum atomic E-state index is 7.14. The van der Waals surface area contributed by atoms with E-state index in [-0.39, 0.29) is 0 Å². The van der Waals surface area contributed by atoms with Crippen LogP contribution in [-0.2, 0) is 0 Å². The van der Waals surface area contributed by atoms with Crippen molar-refractivity contribution < 1.29 is 0 Å². The lowest BCUT2D eigenvalue weighted by molar-refractivity contribution is 0.0187. The quantitative estimate of drug-likeness (QED) is 0.520. The maximum absolute atomic E-state index is 7.14. The van der Waals surface area contributed by atoms with Crippen LogP contribution in [0.4, 0.5) is 5.69 Å². The Morgan fingerprint density at radius 1 is 1.06 bits per heavy atom. The first-order chi connectivity index (χ1) is 15.8. The van der Waals surface area contributed by atoms with Crippen LogP contribution in [0, 0.1) is 12.8 Å². The summed E-state index contributed by atoms with van der Waals surface area (Å²) < 4.78 is 0.296. The fraction of sp³-hybridized carbons (Fsp3) is 0.708. The first-order valence-electron chi connectivity index (χ1n) is 12.5. The van der Waals surface area contributed by atoms with E-state index < -0.39 is 12.6 Å². The molecular formula is C24H40Cl2N7+. The minimum absolute atomic E-state index is 0.296. The van der Waals surface area contributed by atoms with Gasteiger partial charge in [0.1, 0.15) is 5.69 Å². The number of guanidine groups is 1. The molecule has 1 saturated heterocycles. The monoisotopic (exact) mass is 496 g/mol. The van der Waals surface area contributed by atoms with Gasteiger partial charge in [-0.1, -0.05) is 49.4 Å². The van der Waals surface area contributed by atoms with Crippen molar-refractivity contribution in [3.8, 4) is 0 Å². The second kappa shape index (κ2) is 10.3. The summed E-state index contributed by atoms with van der Waals surface area (Å²) in [4.78, 5) is 9.35. The molecule has 1 aromatic rings. The van der Waals surface area contributed by atoms with Crippen LogP contribution < -0.4 is 21.7 Å². The number of benzene rings is 1. The molecule has 0 spiro atoms. The Morgan fingerprint density at radius 3 is 2.36 bits per heavy atom. The molecule has 0 amide bonds. The fourth-order valence-corrected chi connectivity index (χ4v) is 6.57. The van der Waals surface area contributed by atoms with Crippen molar-refractivity contribution in [3.63, 3.8) is 0 Å². The highest BCUT2D eigenvalue weighted by atomic mass is 35.5. The van der Waals surface area contributed by atoms with Gasteiger partial charge in [-0.15, -0.1) is 0 Å². The molecule has 4 atom stereocenters.